The number of aliphatic hydroxyl groups is 1. The van der Waals surface area contributed by atoms with Gasteiger partial charge in [-0.25, -0.2) is 0 Å². The molecule has 0 saturated heterocycles. The number of rotatable bonds is 3. The van der Waals surface area contributed by atoms with Crippen LogP contribution >= 0.6 is 22.9 Å². The highest BCUT2D eigenvalue weighted by atomic mass is 35.5. The molecule has 1 fully saturated rings. The third-order valence-electron chi connectivity index (χ3n) is 3.98. The van der Waals surface area contributed by atoms with E-state index in [0.29, 0.717) is 12.5 Å². The van der Waals surface area contributed by atoms with Crippen LogP contribution in [0.25, 0.3) is 0 Å². The summed E-state index contributed by atoms with van der Waals surface area (Å²) in [6.07, 6.45) is 3.98. The van der Waals surface area contributed by atoms with Gasteiger partial charge in [-0.05, 0) is 30.9 Å². The summed E-state index contributed by atoms with van der Waals surface area (Å²) in [5.41, 5.74) is 5.81. The Labute approximate surface area is 112 Å². The smallest absolute Gasteiger partial charge is 0.0950 e. The highest BCUT2D eigenvalue weighted by Gasteiger charge is 2.41. The lowest BCUT2D eigenvalue weighted by molar-refractivity contribution is -0.0108. The number of halogens is 1. The molecule has 0 aliphatic heterocycles. The van der Waals surface area contributed by atoms with Crippen LogP contribution in [0.2, 0.25) is 4.34 Å². The molecular weight excluding hydrogens is 254 g/mol. The maximum absolute atomic E-state index is 10.6. The average Bonchev–Trinajstić information content (AvgIpc) is 2.74. The van der Waals surface area contributed by atoms with Gasteiger partial charge in [0.05, 0.1) is 10.4 Å². The van der Waals surface area contributed by atoms with Crippen molar-refractivity contribution in [2.45, 2.75) is 38.7 Å². The van der Waals surface area contributed by atoms with Gasteiger partial charge in [-0.3, -0.25) is 0 Å². The van der Waals surface area contributed by atoms with Gasteiger partial charge in [-0.2, -0.15) is 0 Å². The van der Waals surface area contributed by atoms with Crippen molar-refractivity contribution in [3.8, 4) is 0 Å². The van der Waals surface area contributed by atoms with Crippen LogP contribution in [0.15, 0.2) is 12.1 Å². The Balaban J connectivity index is 2.22. The van der Waals surface area contributed by atoms with Gasteiger partial charge in [-0.15, -0.1) is 11.3 Å². The van der Waals surface area contributed by atoms with Crippen LogP contribution < -0.4 is 5.73 Å². The predicted octanol–water partition coefficient (Wildman–Crippen LogP) is 3.59. The number of hydrogen-bond donors (Lipinski definition) is 2. The number of thiophene rings is 1. The van der Waals surface area contributed by atoms with Crippen molar-refractivity contribution in [3.63, 3.8) is 0 Å². The summed E-state index contributed by atoms with van der Waals surface area (Å²) in [5, 5.41) is 10.6. The first-order valence-electron chi connectivity index (χ1n) is 6.21. The Morgan fingerprint density at radius 3 is 2.94 bits per heavy atom. The molecule has 0 amide bonds. The second kappa shape index (κ2) is 5.27. The Morgan fingerprint density at radius 1 is 1.65 bits per heavy atom. The number of nitrogens with two attached hydrogens (primary N) is 1. The fourth-order valence-electron chi connectivity index (χ4n) is 3.02. The van der Waals surface area contributed by atoms with Crippen molar-refractivity contribution in [3.05, 3.63) is 21.3 Å². The minimum absolute atomic E-state index is 0.147. The molecule has 2 nitrogen and oxygen atoms in total. The molecule has 0 spiro atoms. The molecule has 17 heavy (non-hydrogen) atoms. The molecule has 3 unspecified atom stereocenters. The SMILES string of the molecule is CC1CCCC(CN)(C(O)c2ccc(Cl)s2)C1. The van der Waals surface area contributed by atoms with Crippen molar-refractivity contribution < 1.29 is 5.11 Å². The van der Waals surface area contributed by atoms with Crippen LogP contribution in [0.4, 0.5) is 0 Å². The van der Waals surface area contributed by atoms with E-state index in [4.69, 9.17) is 17.3 Å². The predicted molar refractivity (Wildman–Crippen MR) is 73.4 cm³/mol. The quantitative estimate of drug-likeness (QED) is 0.884. The lowest BCUT2D eigenvalue weighted by atomic mass is 9.66. The summed E-state index contributed by atoms with van der Waals surface area (Å²) in [7, 11) is 0. The first-order valence-corrected chi connectivity index (χ1v) is 7.40. The van der Waals surface area contributed by atoms with E-state index in [0.717, 1.165) is 28.5 Å². The molecule has 0 radical (unpaired) electrons. The van der Waals surface area contributed by atoms with Crippen molar-refractivity contribution >= 4 is 22.9 Å². The topological polar surface area (TPSA) is 46.2 Å². The van der Waals surface area contributed by atoms with Gasteiger partial charge in [0.15, 0.2) is 0 Å². The zero-order chi connectivity index (χ0) is 12.5. The van der Waals surface area contributed by atoms with E-state index in [1.54, 1.807) is 0 Å². The molecule has 3 atom stereocenters. The molecule has 0 bridgehead atoms. The molecule has 4 heteroatoms. The van der Waals surface area contributed by atoms with E-state index in [1.807, 2.05) is 12.1 Å². The van der Waals surface area contributed by atoms with E-state index < -0.39 is 6.10 Å². The fourth-order valence-corrected chi connectivity index (χ4v) is 4.21. The maximum Gasteiger partial charge on any atom is 0.0950 e. The Hall–Kier alpha value is -0.0900. The normalized spacial score (nSPS) is 31.4. The molecule has 1 aromatic heterocycles. The molecule has 1 aliphatic carbocycles. The van der Waals surface area contributed by atoms with Crippen molar-refractivity contribution in [2.75, 3.05) is 6.54 Å². The van der Waals surface area contributed by atoms with Crippen molar-refractivity contribution in [1.82, 2.24) is 0 Å². The maximum atomic E-state index is 10.6. The van der Waals surface area contributed by atoms with Crippen LogP contribution in [0.1, 0.15) is 43.6 Å². The molecule has 2 rings (SSSR count). The molecule has 0 aromatic carbocycles. The Bertz CT molecular complexity index is 381. The second-order valence-electron chi connectivity index (χ2n) is 5.31. The third kappa shape index (κ3) is 2.68. The van der Waals surface area contributed by atoms with Crippen LogP contribution in [-0.4, -0.2) is 11.7 Å². The van der Waals surface area contributed by atoms with Crippen molar-refractivity contribution in [1.29, 1.82) is 0 Å². The number of aliphatic hydroxyl groups excluding tert-OH is 1. The van der Waals surface area contributed by atoms with Crippen LogP contribution in [0, 0.1) is 11.3 Å². The lowest BCUT2D eigenvalue weighted by Gasteiger charge is -2.42. The first-order chi connectivity index (χ1) is 8.07. The molecule has 1 saturated carbocycles. The Kier molecular flexibility index (Phi) is 4.14. The summed E-state index contributed by atoms with van der Waals surface area (Å²) in [6.45, 7) is 2.80. The van der Waals surface area contributed by atoms with Crippen LogP contribution in [-0.2, 0) is 0 Å². The second-order valence-corrected chi connectivity index (χ2v) is 7.06. The van der Waals surface area contributed by atoms with E-state index in [9.17, 15) is 5.11 Å². The first kappa shape index (κ1) is 13.3. The molecule has 1 aromatic rings. The van der Waals surface area contributed by atoms with Crippen LogP contribution in [0.5, 0.6) is 0 Å². The monoisotopic (exact) mass is 273 g/mol. The highest BCUT2D eigenvalue weighted by molar-refractivity contribution is 7.16. The summed E-state index contributed by atoms with van der Waals surface area (Å²) in [6, 6.07) is 3.77. The molecule has 96 valence electrons. The lowest BCUT2D eigenvalue weighted by Crippen LogP contribution is -2.40. The zero-order valence-corrected chi connectivity index (χ0v) is 11.7. The van der Waals surface area contributed by atoms with Gasteiger partial charge < -0.3 is 10.8 Å². The van der Waals surface area contributed by atoms with E-state index in [2.05, 4.69) is 6.92 Å². The fraction of sp³-hybridized carbons (Fsp3) is 0.692. The molecule has 3 N–H and O–H groups in total. The van der Waals surface area contributed by atoms with E-state index in [1.165, 1.54) is 17.8 Å². The minimum Gasteiger partial charge on any atom is -0.387 e. The standard InChI is InChI=1S/C13H20ClNOS/c1-9-3-2-6-13(7-9,8-15)12(16)10-4-5-11(14)17-10/h4-5,9,12,16H,2-3,6-8,15H2,1H3. The van der Waals surface area contributed by atoms with Gasteiger partial charge in [0.1, 0.15) is 0 Å². The van der Waals surface area contributed by atoms with Gasteiger partial charge in [0.25, 0.3) is 0 Å². The van der Waals surface area contributed by atoms with Gasteiger partial charge >= 0.3 is 0 Å². The van der Waals surface area contributed by atoms with Gasteiger partial charge in [-0.1, -0.05) is 31.4 Å². The molecule has 1 aliphatic rings. The largest absolute Gasteiger partial charge is 0.387 e. The molecule has 1 heterocycles. The van der Waals surface area contributed by atoms with Crippen LogP contribution in [0.3, 0.4) is 0 Å². The highest BCUT2D eigenvalue weighted by Crippen LogP contribution is 2.48. The zero-order valence-electron chi connectivity index (χ0n) is 10.2. The third-order valence-corrected chi connectivity index (χ3v) is 5.26. The minimum atomic E-state index is -0.465. The van der Waals surface area contributed by atoms with Gasteiger partial charge in [0.2, 0.25) is 0 Å². The summed E-state index contributed by atoms with van der Waals surface area (Å²) >= 11 is 7.40. The summed E-state index contributed by atoms with van der Waals surface area (Å²) < 4.78 is 0.732. The Morgan fingerprint density at radius 2 is 2.41 bits per heavy atom. The summed E-state index contributed by atoms with van der Waals surface area (Å²) in [5.74, 6) is 0.650. The summed E-state index contributed by atoms with van der Waals surface area (Å²) in [4.78, 5) is 0.953. The average molecular weight is 274 g/mol. The van der Waals surface area contributed by atoms with E-state index in [-0.39, 0.29) is 5.41 Å². The molecular formula is C13H20ClNOS. The van der Waals surface area contributed by atoms with Crippen molar-refractivity contribution in [2.24, 2.45) is 17.1 Å². The number of hydrogen-bond acceptors (Lipinski definition) is 3. The van der Waals surface area contributed by atoms with Gasteiger partial charge in [0, 0.05) is 16.8 Å². The van der Waals surface area contributed by atoms with E-state index >= 15 is 0 Å².